The van der Waals surface area contributed by atoms with Gasteiger partial charge in [-0.1, -0.05) is 6.07 Å². The first-order valence-electron chi connectivity index (χ1n) is 6.85. The zero-order valence-corrected chi connectivity index (χ0v) is 10.8. The molecule has 0 amide bonds. The molecule has 0 aromatic carbocycles. The van der Waals surface area contributed by atoms with E-state index in [1.807, 2.05) is 25.1 Å². The Hall–Kier alpha value is -1.29. The van der Waals surface area contributed by atoms with Crippen molar-refractivity contribution in [1.29, 1.82) is 0 Å². The highest BCUT2D eigenvalue weighted by atomic mass is 16.5. The Morgan fingerprint density at radius 3 is 3.06 bits per heavy atom. The van der Waals surface area contributed by atoms with Crippen molar-refractivity contribution in [1.82, 2.24) is 4.98 Å². The minimum atomic E-state index is 0.377. The number of hydrogen-bond acceptors (Lipinski definition) is 4. The molecule has 18 heavy (non-hydrogen) atoms. The van der Waals surface area contributed by atoms with Crippen LogP contribution in [0.4, 0.5) is 5.82 Å². The summed E-state index contributed by atoms with van der Waals surface area (Å²) in [6.07, 6.45) is 4.08. The van der Waals surface area contributed by atoms with E-state index >= 15 is 0 Å². The third kappa shape index (κ3) is 2.58. The van der Waals surface area contributed by atoms with Crippen LogP contribution >= 0.6 is 0 Å². The minimum absolute atomic E-state index is 0.377. The number of pyridine rings is 1. The van der Waals surface area contributed by atoms with Crippen LogP contribution in [0.15, 0.2) is 18.2 Å². The predicted molar refractivity (Wildman–Crippen MR) is 69.9 cm³/mol. The van der Waals surface area contributed by atoms with Crippen molar-refractivity contribution in [3.8, 4) is 5.88 Å². The van der Waals surface area contributed by atoms with E-state index in [4.69, 9.17) is 9.47 Å². The Morgan fingerprint density at radius 2 is 2.28 bits per heavy atom. The summed E-state index contributed by atoms with van der Waals surface area (Å²) in [4.78, 5) is 4.45. The van der Waals surface area contributed by atoms with Crippen molar-refractivity contribution in [2.45, 2.75) is 38.3 Å². The van der Waals surface area contributed by atoms with Crippen LogP contribution in [-0.4, -0.2) is 30.3 Å². The highest BCUT2D eigenvalue weighted by Gasteiger charge is 2.40. The van der Waals surface area contributed by atoms with Gasteiger partial charge < -0.3 is 14.8 Å². The van der Waals surface area contributed by atoms with Crippen molar-refractivity contribution in [2.75, 3.05) is 18.5 Å². The summed E-state index contributed by atoms with van der Waals surface area (Å²) in [5, 5.41) is 3.49. The molecule has 0 radical (unpaired) electrons. The van der Waals surface area contributed by atoms with Gasteiger partial charge in [0.05, 0.1) is 18.8 Å². The lowest BCUT2D eigenvalue weighted by Gasteiger charge is -2.20. The van der Waals surface area contributed by atoms with Gasteiger partial charge in [0, 0.05) is 12.7 Å². The highest BCUT2D eigenvalue weighted by molar-refractivity contribution is 5.38. The lowest BCUT2D eigenvalue weighted by molar-refractivity contribution is 0.0898. The van der Waals surface area contributed by atoms with Crippen molar-refractivity contribution < 1.29 is 9.47 Å². The van der Waals surface area contributed by atoms with Crippen LogP contribution in [0.5, 0.6) is 5.88 Å². The van der Waals surface area contributed by atoms with Gasteiger partial charge in [-0.3, -0.25) is 0 Å². The Kier molecular flexibility index (Phi) is 3.37. The predicted octanol–water partition coefficient (Wildman–Crippen LogP) is 2.46. The molecule has 1 saturated carbocycles. The van der Waals surface area contributed by atoms with Crippen LogP contribution < -0.4 is 10.1 Å². The molecule has 2 heterocycles. The quantitative estimate of drug-likeness (QED) is 0.869. The average molecular weight is 248 g/mol. The summed E-state index contributed by atoms with van der Waals surface area (Å²) < 4.78 is 11.2. The molecule has 2 unspecified atom stereocenters. The number of ether oxygens (including phenoxy) is 2. The third-order valence-electron chi connectivity index (χ3n) is 3.57. The molecule has 1 aliphatic heterocycles. The van der Waals surface area contributed by atoms with Crippen molar-refractivity contribution in [3.05, 3.63) is 18.2 Å². The van der Waals surface area contributed by atoms with Gasteiger partial charge in [-0.25, -0.2) is 0 Å². The van der Waals surface area contributed by atoms with Crippen LogP contribution in [0.25, 0.3) is 0 Å². The van der Waals surface area contributed by atoms with Gasteiger partial charge >= 0.3 is 0 Å². The SMILES string of the molecule is CCOc1cccc(NC2CCOC2C2CC2)n1. The number of nitrogens with one attached hydrogen (secondary N) is 1. The average Bonchev–Trinajstić information content (AvgIpc) is 3.12. The number of hydrogen-bond donors (Lipinski definition) is 1. The number of nitrogens with zero attached hydrogens (tertiary/aromatic N) is 1. The molecular weight excluding hydrogens is 228 g/mol. The molecule has 2 atom stereocenters. The lowest BCUT2D eigenvalue weighted by Crippen LogP contribution is -2.31. The first-order chi connectivity index (χ1) is 8.86. The first kappa shape index (κ1) is 11.8. The smallest absolute Gasteiger partial charge is 0.215 e. The summed E-state index contributed by atoms with van der Waals surface area (Å²) in [5.41, 5.74) is 0. The molecule has 98 valence electrons. The van der Waals surface area contributed by atoms with E-state index in [0.717, 1.165) is 24.8 Å². The Balaban J connectivity index is 1.65. The van der Waals surface area contributed by atoms with Crippen molar-refractivity contribution in [3.63, 3.8) is 0 Å². The van der Waals surface area contributed by atoms with E-state index < -0.39 is 0 Å². The fourth-order valence-electron chi connectivity index (χ4n) is 2.57. The third-order valence-corrected chi connectivity index (χ3v) is 3.57. The van der Waals surface area contributed by atoms with Crippen LogP contribution in [0.1, 0.15) is 26.2 Å². The molecule has 2 aliphatic rings. The van der Waals surface area contributed by atoms with Crippen molar-refractivity contribution in [2.24, 2.45) is 5.92 Å². The molecule has 4 nitrogen and oxygen atoms in total. The second-order valence-electron chi connectivity index (χ2n) is 5.01. The largest absolute Gasteiger partial charge is 0.478 e. The molecule has 0 spiro atoms. The zero-order valence-electron chi connectivity index (χ0n) is 10.8. The van der Waals surface area contributed by atoms with Crippen LogP contribution in [0, 0.1) is 5.92 Å². The van der Waals surface area contributed by atoms with Crippen LogP contribution in [0.2, 0.25) is 0 Å². The Bertz CT molecular complexity index is 407. The number of rotatable bonds is 5. The van der Waals surface area contributed by atoms with Crippen molar-refractivity contribution >= 4 is 5.82 Å². The van der Waals surface area contributed by atoms with Gasteiger partial charge in [0.25, 0.3) is 0 Å². The van der Waals surface area contributed by atoms with E-state index in [1.54, 1.807) is 0 Å². The van der Waals surface area contributed by atoms with Gasteiger partial charge in [-0.05, 0) is 38.2 Å². The molecule has 1 saturated heterocycles. The Labute approximate surface area is 108 Å². The highest BCUT2D eigenvalue weighted by Crippen LogP contribution is 2.39. The van der Waals surface area contributed by atoms with Gasteiger partial charge in [-0.2, -0.15) is 4.98 Å². The fourth-order valence-corrected chi connectivity index (χ4v) is 2.57. The van der Waals surface area contributed by atoms with Gasteiger partial charge in [0.2, 0.25) is 5.88 Å². The second kappa shape index (κ2) is 5.14. The molecule has 1 aromatic rings. The van der Waals surface area contributed by atoms with E-state index in [9.17, 15) is 0 Å². The van der Waals surface area contributed by atoms with Gasteiger partial charge in [0.15, 0.2) is 0 Å². The number of aromatic nitrogens is 1. The summed E-state index contributed by atoms with van der Waals surface area (Å²) in [5.74, 6) is 2.34. The number of anilines is 1. The van der Waals surface area contributed by atoms with Gasteiger partial charge in [0.1, 0.15) is 5.82 Å². The molecular formula is C14H20N2O2. The van der Waals surface area contributed by atoms with E-state index in [-0.39, 0.29) is 0 Å². The second-order valence-corrected chi connectivity index (χ2v) is 5.01. The zero-order chi connectivity index (χ0) is 12.4. The fraction of sp³-hybridized carbons (Fsp3) is 0.643. The maximum absolute atomic E-state index is 5.82. The van der Waals surface area contributed by atoms with Crippen LogP contribution in [0.3, 0.4) is 0 Å². The Morgan fingerprint density at radius 1 is 1.39 bits per heavy atom. The monoisotopic (exact) mass is 248 g/mol. The van der Waals surface area contributed by atoms with E-state index in [2.05, 4.69) is 10.3 Å². The molecule has 1 N–H and O–H groups in total. The molecule has 0 bridgehead atoms. The molecule has 4 heteroatoms. The maximum Gasteiger partial charge on any atom is 0.215 e. The topological polar surface area (TPSA) is 43.4 Å². The summed E-state index contributed by atoms with van der Waals surface area (Å²) in [7, 11) is 0. The minimum Gasteiger partial charge on any atom is -0.478 e. The first-order valence-corrected chi connectivity index (χ1v) is 6.85. The lowest BCUT2D eigenvalue weighted by atomic mass is 10.1. The maximum atomic E-state index is 5.82. The molecule has 1 aliphatic carbocycles. The van der Waals surface area contributed by atoms with E-state index in [1.165, 1.54) is 12.8 Å². The normalized spacial score (nSPS) is 27.2. The molecule has 3 rings (SSSR count). The summed E-state index contributed by atoms with van der Waals surface area (Å²) in [6, 6.07) is 6.26. The summed E-state index contributed by atoms with van der Waals surface area (Å²) >= 11 is 0. The van der Waals surface area contributed by atoms with Gasteiger partial charge in [-0.15, -0.1) is 0 Å². The molecule has 1 aromatic heterocycles. The van der Waals surface area contributed by atoms with Crippen LogP contribution in [-0.2, 0) is 4.74 Å². The standard InChI is InChI=1S/C14H20N2O2/c1-2-17-13-5-3-4-12(16-13)15-11-8-9-18-14(11)10-6-7-10/h3-5,10-11,14H,2,6-9H2,1H3,(H,15,16). The van der Waals surface area contributed by atoms with E-state index in [0.29, 0.717) is 24.6 Å². The summed E-state index contributed by atoms with van der Waals surface area (Å²) in [6.45, 7) is 3.48. The molecule has 2 fully saturated rings.